The Kier molecular flexibility index (Phi) is 5.67. The van der Waals surface area contributed by atoms with Crippen LogP contribution in [0.25, 0.3) is 11.3 Å². The number of carbonyl (C=O) groups excluding carboxylic acids is 1. The zero-order valence-corrected chi connectivity index (χ0v) is 15.8. The minimum atomic E-state index is -0.215. The number of nitrogens with one attached hydrogen (secondary N) is 1. The molecule has 2 aromatic rings. The minimum absolute atomic E-state index is 0.215. The maximum atomic E-state index is 12.8. The summed E-state index contributed by atoms with van der Waals surface area (Å²) in [5.74, 6) is 0.231. The minimum Gasteiger partial charge on any atom is -0.360 e. The van der Waals surface area contributed by atoms with Gasteiger partial charge in [0.1, 0.15) is 17.0 Å². The van der Waals surface area contributed by atoms with Crippen LogP contribution in [0.4, 0.5) is 0 Å². The summed E-state index contributed by atoms with van der Waals surface area (Å²) in [6.07, 6.45) is 2.26. The van der Waals surface area contributed by atoms with Gasteiger partial charge in [-0.1, -0.05) is 41.3 Å². The lowest BCUT2D eigenvalue weighted by Gasteiger charge is -2.22. The zero-order valence-electron chi connectivity index (χ0n) is 14.3. The summed E-state index contributed by atoms with van der Waals surface area (Å²) in [6.45, 7) is 6.54. The fourth-order valence-electron chi connectivity index (χ4n) is 3.38. The predicted octanol–water partition coefficient (Wildman–Crippen LogP) is 4.17. The number of halogens is 2. The van der Waals surface area contributed by atoms with Gasteiger partial charge in [-0.25, -0.2) is 0 Å². The van der Waals surface area contributed by atoms with Crippen molar-refractivity contribution >= 4 is 29.1 Å². The molecule has 1 aromatic heterocycles. The molecule has 1 amide bonds. The first-order valence-corrected chi connectivity index (χ1v) is 9.21. The maximum Gasteiger partial charge on any atom is 0.257 e. The van der Waals surface area contributed by atoms with Gasteiger partial charge in [0.15, 0.2) is 0 Å². The summed E-state index contributed by atoms with van der Waals surface area (Å²) >= 11 is 12.5. The standard InChI is InChI=1S/C18H21Cl2N3O2/c1-3-23-9-5-6-12(23)10-21-18(24)15-11(2)25-22-17(15)16-13(19)7-4-8-14(16)20/h4,7-8,12H,3,5-6,9-10H2,1-2H3,(H,21,24)/t12-/m1/s1. The predicted molar refractivity (Wildman–Crippen MR) is 99.3 cm³/mol. The lowest BCUT2D eigenvalue weighted by atomic mass is 10.1. The molecule has 1 atom stereocenters. The van der Waals surface area contributed by atoms with E-state index < -0.39 is 0 Å². The second kappa shape index (κ2) is 7.77. The molecular formula is C18H21Cl2N3O2. The number of hydrogen-bond acceptors (Lipinski definition) is 4. The monoisotopic (exact) mass is 381 g/mol. The van der Waals surface area contributed by atoms with Crippen LogP contribution in [-0.4, -0.2) is 41.6 Å². The first-order chi connectivity index (χ1) is 12.0. The Labute approximate surface area is 157 Å². The van der Waals surface area contributed by atoms with E-state index >= 15 is 0 Å². The fourth-order valence-corrected chi connectivity index (χ4v) is 3.95. The highest BCUT2D eigenvalue weighted by atomic mass is 35.5. The van der Waals surface area contributed by atoms with Crippen LogP contribution in [0.5, 0.6) is 0 Å². The van der Waals surface area contributed by atoms with Crippen molar-refractivity contribution in [2.45, 2.75) is 32.7 Å². The smallest absolute Gasteiger partial charge is 0.257 e. The number of aromatic nitrogens is 1. The molecule has 1 saturated heterocycles. The van der Waals surface area contributed by atoms with Crippen molar-refractivity contribution in [2.24, 2.45) is 0 Å². The molecule has 1 aromatic carbocycles. The molecular weight excluding hydrogens is 361 g/mol. The van der Waals surface area contributed by atoms with E-state index in [0.717, 1.165) is 19.5 Å². The van der Waals surface area contributed by atoms with Gasteiger partial charge in [-0.05, 0) is 45.0 Å². The molecule has 0 bridgehead atoms. The van der Waals surface area contributed by atoms with Gasteiger partial charge < -0.3 is 9.84 Å². The van der Waals surface area contributed by atoms with Crippen molar-refractivity contribution in [2.75, 3.05) is 19.6 Å². The van der Waals surface area contributed by atoms with Crippen molar-refractivity contribution in [1.29, 1.82) is 0 Å². The van der Waals surface area contributed by atoms with Crippen LogP contribution in [0, 0.1) is 6.92 Å². The molecule has 1 aliphatic rings. The van der Waals surface area contributed by atoms with E-state index in [4.69, 9.17) is 27.7 Å². The van der Waals surface area contributed by atoms with Crippen molar-refractivity contribution < 1.29 is 9.32 Å². The third-order valence-corrected chi connectivity index (χ3v) is 5.32. The van der Waals surface area contributed by atoms with E-state index in [1.165, 1.54) is 6.42 Å². The van der Waals surface area contributed by atoms with E-state index in [9.17, 15) is 4.79 Å². The lowest BCUT2D eigenvalue weighted by Crippen LogP contribution is -2.40. The summed E-state index contributed by atoms with van der Waals surface area (Å²) in [5.41, 5.74) is 1.28. The topological polar surface area (TPSA) is 58.4 Å². The summed E-state index contributed by atoms with van der Waals surface area (Å²) < 4.78 is 5.26. The number of hydrogen-bond donors (Lipinski definition) is 1. The third kappa shape index (κ3) is 3.68. The van der Waals surface area contributed by atoms with Crippen molar-refractivity contribution in [3.8, 4) is 11.3 Å². The summed E-state index contributed by atoms with van der Waals surface area (Å²) in [7, 11) is 0. The van der Waals surface area contributed by atoms with E-state index in [0.29, 0.717) is 45.2 Å². The molecule has 1 aliphatic heterocycles. The molecule has 0 unspecified atom stereocenters. The van der Waals surface area contributed by atoms with Crippen molar-refractivity contribution in [1.82, 2.24) is 15.4 Å². The highest BCUT2D eigenvalue weighted by Crippen LogP contribution is 2.36. The van der Waals surface area contributed by atoms with Crippen LogP contribution in [0.15, 0.2) is 22.7 Å². The normalized spacial score (nSPS) is 17.8. The Balaban J connectivity index is 1.83. The van der Waals surface area contributed by atoms with E-state index in [1.54, 1.807) is 25.1 Å². The van der Waals surface area contributed by atoms with Crippen LogP contribution in [0.3, 0.4) is 0 Å². The third-order valence-electron chi connectivity index (χ3n) is 4.69. The fraction of sp³-hybridized carbons (Fsp3) is 0.444. The quantitative estimate of drug-likeness (QED) is 0.843. The maximum absolute atomic E-state index is 12.8. The van der Waals surface area contributed by atoms with Gasteiger partial charge in [-0.3, -0.25) is 9.69 Å². The molecule has 2 heterocycles. The molecule has 7 heteroatoms. The first-order valence-electron chi connectivity index (χ1n) is 8.45. The Morgan fingerprint density at radius 3 is 2.80 bits per heavy atom. The molecule has 25 heavy (non-hydrogen) atoms. The number of carbonyl (C=O) groups is 1. The first kappa shape index (κ1) is 18.2. The van der Waals surface area contributed by atoms with Crippen LogP contribution in [-0.2, 0) is 0 Å². The number of rotatable bonds is 5. The Morgan fingerprint density at radius 2 is 2.12 bits per heavy atom. The van der Waals surface area contributed by atoms with Crippen molar-refractivity contribution in [3.05, 3.63) is 39.6 Å². The molecule has 1 fully saturated rings. The summed E-state index contributed by atoms with van der Waals surface area (Å²) in [5, 5.41) is 7.91. The Hall–Kier alpha value is -1.56. The van der Waals surface area contributed by atoms with Crippen LogP contribution in [0.2, 0.25) is 10.0 Å². The molecule has 0 saturated carbocycles. The Bertz CT molecular complexity index is 755. The van der Waals surface area contributed by atoms with E-state index in [2.05, 4.69) is 22.3 Å². The molecule has 1 N–H and O–H groups in total. The molecule has 0 spiro atoms. The molecule has 3 rings (SSSR count). The molecule has 5 nitrogen and oxygen atoms in total. The Morgan fingerprint density at radius 1 is 1.40 bits per heavy atom. The van der Waals surface area contributed by atoms with Gasteiger partial charge in [-0.15, -0.1) is 0 Å². The van der Waals surface area contributed by atoms with E-state index in [1.807, 2.05) is 0 Å². The number of amides is 1. The average Bonchev–Trinajstić information content (AvgIpc) is 3.19. The summed E-state index contributed by atoms with van der Waals surface area (Å²) in [6, 6.07) is 5.56. The second-order valence-corrected chi connectivity index (χ2v) is 7.01. The number of likely N-dealkylation sites (tertiary alicyclic amines) is 1. The SMILES string of the molecule is CCN1CCC[C@@H]1CNC(=O)c1c(-c2c(Cl)cccc2Cl)noc1C. The molecule has 0 radical (unpaired) electrons. The van der Waals surface area contributed by atoms with Gasteiger partial charge >= 0.3 is 0 Å². The molecule has 134 valence electrons. The van der Waals surface area contributed by atoms with Crippen LogP contribution in [0.1, 0.15) is 35.9 Å². The van der Waals surface area contributed by atoms with E-state index in [-0.39, 0.29) is 5.91 Å². The van der Waals surface area contributed by atoms with Gasteiger partial charge in [0.25, 0.3) is 5.91 Å². The number of benzene rings is 1. The number of nitrogens with zero attached hydrogens (tertiary/aromatic N) is 2. The van der Waals surface area contributed by atoms with Crippen LogP contribution < -0.4 is 5.32 Å². The van der Waals surface area contributed by atoms with Crippen molar-refractivity contribution in [3.63, 3.8) is 0 Å². The van der Waals surface area contributed by atoms with Gasteiger partial charge in [0, 0.05) is 18.2 Å². The lowest BCUT2D eigenvalue weighted by molar-refractivity contribution is 0.0940. The molecule has 0 aliphatic carbocycles. The van der Waals surface area contributed by atoms with Gasteiger partial charge in [-0.2, -0.15) is 0 Å². The number of likely N-dealkylation sites (N-methyl/N-ethyl adjacent to an activating group) is 1. The average molecular weight is 382 g/mol. The largest absolute Gasteiger partial charge is 0.360 e. The van der Waals surface area contributed by atoms with Gasteiger partial charge in [0.2, 0.25) is 0 Å². The highest BCUT2D eigenvalue weighted by molar-refractivity contribution is 6.39. The highest BCUT2D eigenvalue weighted by Gasteiger charge is 2.27. The van der Waals surface area contributed by atoms with Crippen LogP contribution >= 0.6 is 23.2 Å². The number of aryl methyl sites for hydroxylation is 1. The second-order valence-electron chi connectivity index (χ2n) is 6.19. The summed E-state index contributed by atoms with van der Waals surface area (Å²) in [4.78, 5) is 15.2. The van der Waals surface area contributed by atoms with Gasteiger partial charge in [0.05, 0.1) is 10.0 Å². The zero-order chi connectivity index (χ0) is 18.0.